The van der Waals surface area contributed by atoms with Gasteiger partial charge in [-0.25, -0.2) is 0 Å². The van der Waals surface area contributed by atoms with Gasteiger partial charge in [0, 0.05) is 43.3 Å². The average molecular weight is 421 g/mol. The van der Waals surface area contributed by atoms with Crippen molar-refractivity contribution in [3.05, 3.63) is 23.2 Å². The summed E-state index contributed by atoms with van der Waals surface area (Å²) in [6.45, 7) is 4.67. The number of aliphatic hydroxyl groups excluding tert-OH is 1. The Hall–Kier alpha value is -1.83. The van der Waals surface area contributed by atoms with Gasteiger partial charge in [-0.1, -0.05) is 16.8 Å². The molecule has 1 aromatic heterocycles. The Balaban J connectivity index is 1.20. The second-order valence-corrected chi connectivity index (χ2v) is 8.64. The Morgan fingerprint density at radius 2 is 1.97 bits per heavy atom. The minimum Gasteiger partial charge on any atom is -0.387 e. The molecule has 2 aromatic rings. The third kappa shape index (κ3) is 5.02. The zero-order valence-electron chi connectivity index (χ0n) is 16.6. The molecule has 4 rings (SSSR count). The van der Waals surface area contributed by atoms with Crippen molar-refractivity contribution in [2.75, 3.05) is 44.2 Å². The van der Waals surface area contributed by atoms with E-state index >= 15 is 0 Å². The summed E-state index contributed by atoms with van der Waals surface area (Å²) in [5, 5.41) is 17.7. The van der Waals surface area contributed by atoms with E-state index in [-0.39, 0.29) is 11.9 Å². The zero-order valence-corrected chi connectivity index (χ0v) is 17.4. The number of piperazine rings is 1. The van der Waals surface area contributed by atoms with Gasteiger partial charge in [0.25, 0.3) is 0 Å². The summed E-state index contributed by atoms with van der Waals surface area (Å²) in [4.78, 5) is 16.1. The minimum absolute atomic E-state index is 0.238. The lowest BCUT2D eigenvalue weighted by atomic mass is 9.84. The number of hydrogen-bond acceptors (Lipinski definition) is 6. The van der Waals surface area contributed by atoms with Gasteiger partial charge in [0.15, 0.2) is 11.4 Å². The number of anilines is 1. The number of aliphatic hydroxyl groups is 1. The molecule has 0 spiro atoms. The molecule has 8 heteroatoms. The van der Waals surface area contributed by atoms with E-state index in [1.165, 1.54) is 6.42 Å². The summed E-state index contributed by atoms with van der Waals surface area (Å²) in [7, 11) is 0. The van der Waals surface area contributed by atoms with Gasteiger partial charge in [-0.15, -0.1) is 0 Å². The van der Waals surface area contributed by atoms with Gasteiger partial charge in [-0.05, 0) is 56.7 Å². The lowest BCUT2D eigenvalue weighted by molar-refractivity contribution is -0.124. The topological polar surface area (TPSA) is 81.8 Å². The molecule has 7 nitrogen and oxygen atoms in total. The summed E-state index contributed by atoms with van der Waals surface area (Å²) in [6, 6.07) is 5.91. The van der Waals surface area contributed by atoms with E-state index in [1.54, 1.807) is 0 Å². The second-order valence-electron chi connectivity index (χ2n) is 8.21. The van der Waals surface area contributed by atoms with Crippen molar-refractivity contribution < 1.29 is 14.4 Å². The maximum Gasteiger partial charge on any atom is 0.245 e. The maximum atomic E-state index is 11.3. The average Bonchev–Trinajstić information content (AvgIpc) is 3.16. The second kappa shape index (κ2) is 9.32. The van der Waals surface area contributed by atoms with Crippen LogP contribution in [-0.4, -0.2) is 66.4 Å². The zero-order chi connectivity index (χ0) is 20.2. The molecule has 158 valence electrons. The summed E-state index contributed by atoms with van der Waals surface area (Å²) >= 11 is 6.03. The number of nitrogens with zero attached hydrogens (tertiary/aromatic N) is 3. The number of carbonyl (C=O) groups excluding carboxylic acids is 1. The third-order valence-electron chi connectivity index (χ3n) is 6.30. The fourth-order valence-electron chi connectivity index (χ4n) is 4.54. The number of nitrogens with one attached hydrogen (secondary N) is 1. The van der Waals surface area contributed by atoms with Gasteiger partial charge < -0.3 is 19.8 Å². The molecule has 1 saturated heterocycles. The molecule has 29 heavy (non-hydrogen) atoms. The van der Waals surface area contributed by atoms with Crippen LogP contribution in [0.25, 0.3) is 11.0 Å². The molecule has 1 amide bonds. The molecule has 2 fully saturated rings. The van der Waals surface area contributed by atoms with Crippen molar-refractivity contribution in [1.82, 2.24) is 15.4 Å². The molecule has 2 N–H and O–H groups in total. The van der Waals surface area contributed by atoms with Crippen LogP contribution in [0.1, 0.15) is 32.1 Å². The van der Waals surface area contributed by atoms with Gasteiger partial charge in [-0.3, -0.25) is 9.69 Å². The predicted octanol–water partition coefficient (Wildman–Crippen LogP) is 2.66. The standard InChI is InChI=1S/C21H29ClN4O3/c22-16-3-6-18-19(13-16)29-24-21(18)26-11-9-25(10-12-26)8-7-15-1-4-17(5-2-15)23-20(28)14-27/h3,6,13,15,17,27H,1-2,4-5,7-12,14H2,(H,23,28). The molecule has 0 bridgehead atoms. The first-order valence-electron chi connectivity index (χ1n) is 10.5. The lowest BCUT2D eigenvalue weighted by Crippen LogP contribution is -2.47. The van der Waals surface area contributed by atoms with E-state index in [2.05, 4.69) is 20.3 Å². The Bertz CT molecular complexity index is 826. The highest BCUT2D eigenvalue weighted by molar-refractivity contribution is 6.31. The van der Waals surface area contributed by atoms with Crippen molar-refractivity contribution in [3.8, 4) is 0 Å². The number of halogens is 1. The van der Waals surface area contributed by atoms with Crippen molar-refractivity contribution in [2.45, 2.75) is 38.1 Å². The number of hydrogen-bond donors (Lipinski definition) is 2. The molecular weight excluding hydrogens is 392 g/mol. The third-order valence-corrected chi connectivity index (χ3v) is 6.53. The fraction of sp³-hybridized carbons (Fsp3) is 0.619. The smallest absolute Gasteiger partial charge is 0.245 e. The molecular formula is C21H29ClN4O3. The van der Waals surface area contributed by atoms with Gasteiger partial charge in [0.05, 0.1) is 5.39 Å². The summed E-state index contributed by atoms with van der Waals surface area (Å²) in [5.41, 5.74) is 0.737. The monoisotopic (exact) mass is 420 g/mol. The first-order chi connectivity index (χ1) is 14.1. The van der Waals surface area contributed by atoms with E-state index in [0.717, 1.165) is 81.1 Å². The fourth-order valence-corrected chi connectivity index (χ4v) is 4.71. The van der Waals surface area contributed by atoms with Crippen LogP contribution in [0.15, 0.2) is 22.7 Å². The number of aromatic nitrogens is 1. The Morgan fingerprint density at radius 3 is 2.69 bits per heavy atom. The van der Waals surface area contributed by atoms with Crippen LogP contribution < -0.4 is 10.2 Å². The predicted molar refractivity (Wildman–Crippen MR) is 113 cm³/mol. The van der Waals surface area contributed by atoms with Gasteiger partial charge >= 0.3 is 0 Å². The molecule has 1 saturated carbocycles. The maximum absolute atomic E-state index is 11.3. The van der Waals surface area contributed by atoms with E-state index in [9.17, 15) is 4.79 Å². The molecule has 2 heterocycles. The number of amides is 1. The van der Waals surface area contributed by atoms with Crippen LogP contribution in [0, 0.1) is 5.92 Å². The molecule has 1 aromatic carbocycles. The Labute approximate surface area is 176 Å². The van der Waals surface area contributed by atoms with Crippen LogP contribution >= 0.6 is 11.6 Å². The number of benzene rings is 1. The highest BCUT2D eigenvalue weighted by atomic mass is 35.5. The molecule has 1 aliphatic carbocycles. The molecule has 0 radical (unpaired) electrons. The molecule has 0 atom stereocenters. The van der Waals surface area contributed by atoms with Crippen molar-refractivity contribution in [2.24, 2.45) is 5.92 Å². The molecule has 0 unspecified atom stereocenters. The molecule has 2 aliphatic rings. The van der Waals surface area contributed by atoms with E-state index in [1.807, 2.05) is 18.2 Å². The number of fused-ring (bicyclic) bond motifs is 1. The Kier molecular flexibility index (Phi) is 6.57. The number of carbonyl (C=O) groups is 1. The van der Waals surface area contributed by atoms with Crippen LogP contribution in [0.3, 0.4) is 0 Å². The SMILES string of the molecule is O=C(CO)NC1CCC(CCN2CCN(c3noc4cc(Cl)ccc34)CC2)CC1. The van der Waals surface area contributed by atoms with Gasteiger partial charge in [-0.2, -0.15) is 0 Å². The van der Waals surface area contributed by atoms with Gasteiger partial charge in [0.1, 0.15) is 6.61 Å². The van der Waals surface area contributed by atoms with Crippen LogP contribution in [0.2, 0.25) is 5.02 Å². The van der Waals surface area contributed by atoms with Gasteiger partial charge in [0.2, 0.25) is 5.91 Å². The first kappa shape index (κ1) is 20.4. The largest absolute Gasteiger partial charge is 0.387 e. The quantitative estimate of drug-likeness (QED) is 0.747. The number of rotatable bonds is 6. The summed E-state index contributed by atoms with van der Waals surface area (Å²) < 4.78 is 5.45. The van der Waals surface area contributed by atoms with Crippen LogP contribution in [-0.2, 0) is 4.79 Å². The minimum atomic E-state index is -0.413. The highest BCUT2D eigenvalue weighted by Gasteiger charge is 2.25. The van der Waals surface area contributed by atoms with E-state index in [4.69, 9.17) is 21.2 Å². The highest BCUT2D eigenvalue weighted by Crippen LogP contribution is 2.30. The molecule has 1 aliphatic heterocycles. The van der Waals surface area contributed by atoms with Crippen molar-refractivity contribution in [3.63, 3.8) is 0 Å². The summed E-state index contributed by atoms with van der Waals surface area (Å²) in [5.74, 6) is 1.40. The Morgan fingerprint density at radius 1 is 1.21 bits per heavy atom. The first-order valence-corrected chi connectivity index (χ1v) is 10.9. The van der Waals surface area contributed by atoms with Crippen molar-refractivity contribution in [1.29, 1.82) is 0 Å². The van der Waals surface area contributed by atoms with Crippen molar-refractivity contribution >= 4 is 34.3 Å². The normalized spacial score (nSPS) is 23.4. The van der Waals surface area contributed by atoms with E-state index in [0.29, 0.717) is 5.02 Å². The van der Waals surface area contributed by atoms with E-state index < -0.39 is 6.61 Å². The van der Waals surface area contributed by atoms with Crippen LogP contribution in [0.4, 0.5) is 5.82 Å². The van der Waals surface area contributed by atoms with Crippen LogP contribution in [0.5, 0.6) is 0 Å². The summed E-state index contributed by atoms with van der Waals surface area (Å²) in [6.07, 6.45) is 5.57. The lowest BCUT2D eigenvalue weighted by Gasteiger charge is -2.36.